The van der Waals surface area contributed by atoms with Gasteiger partial charge in [0.1, 0.15) is 11.4 Å². The summed E-state index contributed by atoms with van der Waals surface area (Å²) in [5, 5.41) is 11.2. The number of nitrogens with zero attached hydrogens (tertiary/aromatic N) is 1. The second kappa shape index (κ2) is 5.67. The molecule has 130 valence electrons. The summed E-state index contributed by atoms with van der Waals surface area (Å²) in [6.07, 6.45) is -0.919. The molecule has 2 aromatic carbocycles. The van der Waals surface area contributed by atoms with Crippen molar-refractivity contribution in [1.82, 2.24) is 0 Å². The van der Waals surface area contributed by atoms with Gasteiger partial charge in [0.25, 0.3) is 5.91 Å². The second-order valence-corrected chi connectivity index (χ2v) is 6.86. The number of fused-ring (bicyclic) bond motifs is 1. The third-order valence-electron chi connectivity index (χ3n) is 3.87. The molecule has 0 aliphatic carbocycles. The van der Waals surface area contributed by atoms with E-state index in [0.717, 1.165) is 17.0 Å². The highest BCUT2D eigenvalue weighted by Crippen LogP contribution is 2.45. The molecule has 1 aliphatic heterocycles. The summed E-state index contributed by atoms with van der Waals surface area (Å²) in [5.74, 6) is -1.51. The monoisotopic (exact) mass is 343 g/mol. The first-order valence-electron chi connectivity index (χ1n) is 7.80. The number of imide groups is 1. The van der Waals surface area contributed by atoms with Gasteiger partial charge in [-0.15, -0.1) is 0 Å². The fourth-order valence-electron chi connectivity index (χ4n) is 2.83. The first-order chi connectivity index (χ1) is 11.6. The van der Waals surface area contributed by atoms with E-state index in [4.69, 9.17) is 4.74 Å². The largest absolute Gasteiger partial charge is 0.443 e. The first kappa shape index (κ1) is 17.1. The van der Waals surface area contributed by atoms with Crippen LogP contribution in [0.1, 0.15) is 31.9 Å². The molecule has 0 saturated carbocycles. The van der Waals surface area contributed by atoms with E-state index in [0.29, 0.717) is 0 Å². The van der Waals surface area contributed by atoms with E-state index in [1.165, 1.54) is 6.07 Å². The number of amides is 2. The number of ether oxygens (including phenoxy) is 1. The van der Waals surface area contributed by atoms with Crippen molar-refractivity contribution in [2.75, 3.05) is 4.90 Å². The fraction of sp³-hybridized carbons (Fsp3) is 0.263. The number of benzene rings is 2. The summed E-state index contributed by atoms with van der Waals surface area (Å²) in [7, 11) is 0. The number of carbonyl (C=O) groups is 2. The maximum Gasteiger partial charge on any atom is 0.421 e. The zero-order chi connectivity index (χ0) is 18.4. The van der Waals surface area contributed by atoms with Crippen LogP contribution in [0.25, 0.3) is 0 Å². The Hall–Kier alpha value is -2.73. The predicted molar refractivity (Wildman–Crippen MR) is 89.6 cm³/mol. The Morgan fingerprint density at radius 3 is 2.40 bits per heavy atom. The molecule has 2 amide bonds. The lowest BCUT2D eigenvalue weighted by Crippen LogP contribution is -2.45. The Morgan fingerprint density at radius 2 is 1.80 bits per heavy atom. The zero-order valence-corrected chi connectivity index (χ0v) is 14.1. The number of hydrogen-bond acceptors (Lipinski definition) is 4. The minimum absolute atomic E-state index is 0.00885. The average Bonchev–Trinajstić information content (AvgIpc) is 2.76. The minimum atomic E-state index is -2.16. The van der Waals surface area contributed by atoms with Gasteiger partial charge in [-0.25, -0.2) is 14.1 Å². The Bertz CT molecular complexity index is 844. The molecule has 0 aromatic heterocycles. The summed E-state index contributed by atoms with van der Waals surface area (Å²) in [5.41, 5.74) is -2.62. The molecule has 0 bridgehead atoms. The maximum absolute atomic E-state index is 13.8. The number of halogens is 1. The molecular formula is C19H18FNO4. The quantitative estimate of drug-likeness (QED) is 0.862. The van der Waals surface area contributed by atoms with Crippen LogP contribution in [0.4, 0.5) is 14.9 Å². The van der Waals surface area contributed by atoms with Crippen LogP contribution in [-0.4, -0.2) is 22.7 Å². The van der Waals surface area contributed by atoms with Gasteiger partial charge in [0.2, 0.25) is 0 Å². The van der Waals surface area contributed by atoms with Gasteiger partial charge in [-0.3, -0.25) is 4.79 Å². The fourth-order valence-corrected chi connectivity index (χ4v) is 2.83. The van der Waals surface area contributed by atoms with Crippen molar-refractivity contribution >= 4 is 17.7 Å². The van der Waals surface area contributed by atoms with Crippen molar-refractivity contribution in [3.8, 4) is 0 Å². The van der Waals surface area contributed by atoms with E-state index in [1.54, 1.807) is 51.1 Å². The number of hydrogen-bond donors (Lipinski definition) is 1. The number of rotatable bonds is 1. The summed E-state index contributed by atoms with van der Waals surface area (Å²) in [6.45, 7) is 5.00. The normalized spacial score (nSPS) is 19.7. The van der Waals surface area contributed by atoms with Gasteiger partial charge in [0.05, 0.1) is 5.69 Å². The smallest absolute Gasteiger partial charge is 0.421 e. The summed E-state index contributed by atoms with van der Waals surface area (Å²) < 4.78 is 19.1. The molecular weight excluding hydrogens is 325 g/mol. The number of aliphatic hydroxyl groups is 1. The van der Waals surface area contributed by atoms with Crippen LogP contribution in [0.3, 0.4) is 0 Å². The van der Waals surface area contributed by atoms with Crippen LogP contribution in [0.15, 0.2) is 48.5 Å². The molecule has 1 unspecified atom stereocenters. The third-order valence-corrected chi connectivity index (χ3v) is 3.87. The standard InChI is InChI=1S/C19H18FNO4/c1-18(2,3)25-17(23)21-15-10-9-13(20)11-14(15)19(24,16(21)22)12-7-5-4-6-8-12/h4-11,24H,1-3H3. The Labute approximate surface area is 144 Å². The first-order valence-corrected chi connectivity index (χ1v) is 7.80. The van der Waals surface area contributed by atoms with E-state index in [-0.39, 0.29) is 16.8 Å². The lowest BCUT2D eigenvalue weighted by Gasteiger charge is -2.25. The number of anilines is 1. The van der Waals surface area contributed by atoms with Gasteiger partial charge < -0.3 is 9.84 Å². The summed E-state index contributed by atoms with van der Waals surface area (Å²) >= 11 is 0. The number of carbonyl (C=O) groups excluding carboxylic acids is 2. The topological polar surface area (TPSA) is 66.8 Å². The molecule has 6 heteroatoms. The van der Waals surface area contributed by atoms with Gasteiger partial charge >= 0.3 is 6.09 Å². The highest BCUT2D eigenvalue weighted by molar-refractivity contribution is 6.21. The van der Waals surface area contributed by atoms with E-state index >= 15 is 0 Å². The Morgan fingerprint density at radius 1 is 1.16 bits per heavy atom. The second-order valence-electron chi connectivity index (χ2n) is 6.86. The van der Waals surface area contributed by atoms with E-state index in [1.807, 2.05) is 0 Å². The van der Waals surface area contributed by atoms with Crippen LogP contribution in [0.5, 0.6) is 0 Å². The SMILES string of the molecule is CC(C)(C)OC(=O)N1C(=O)C(O)(c2ccccc2)c2cc(F)ccc21. The zero-order valence-electron chi connectivity index (χ0n) is 14.1. The van der Waals surface area contributed by atoms with E-state index in [2.05, 4.69) is 0 Å². The minimum Gasteiger partial charge on any atom is -0.443 e. The molecule has 1 aliphatic rings. The van der Waals surface area contributed by atoms with E-state index < -0.39 is 29.0 Å². The molecule has 25 heavy (non-hydrogen) atoms. The van der Waals surface area contributed by atoms with Crippen molar-refractivity contribution in [3.05, 3.63) is 65.5 Å². The Kier molecular flexibility index (Phi) is 3.88. The molecule has 1 atom stereocenters. The molecule has 3 rings (SSSR count). The van der Waals surface area contributed by atoms with Gasteiger partial charge in [-0.1, -0.05) is 30.3 Å². The van der Waals surface area contributed by atoms with Crippen LogP contribution in [0.2, 0.25) is 0 Å². The molecule has 0 radical (unpaired) electrons. The van der Waals surface area contributed by atoms with Crippen LogP contribution in [-0.2, 0) is 15.1 Å². The molecule has 0 saturated heterocycles. The molecule has 1 heterocycles. The van der Waals surface area contributed by atoms with Gasteiger partial charge in [0.15, 0.2) is 5.60 Å². The van der Waals surface area contributed by atoms with Crippen LogP contribution in [0, 0.1) is 5.82 Å². The summed E-state index contributed by atoms with van der Waals surface area (Å²) in [4.78, 5) is 26.2. The lowest BCUT2D eigenvalue weighted by molar-refractivity contribution is -0.131. The molecule has 5 nitrogen and oxygen atoms in total. The van der Waals surface area contributed by atoms with Gasteiger partial charge in [-0.05, 0) is 44.5 Å². The third kappa shape index (κ3) is 2.78. The van der Waals surface area contributed by atoms with E-state index in [9.17, 15) is 19.1 Å². The lowest BCUT2D eigenvalue weighted by atomic mass is 9.87. The molecule has 1 N–H and O–H groups in total. The van der Waals surface area contributed by atoms with Crippen molar-refractivity contribution in [2.24, 2.45) is 0 Å². The average molecular weight is 343 g/mol. The van der Waals surface area contributed by atoms with Gasteiger partial charge in [-0.2, -0.15) is 0 Å². The van der Waals surface area contributed by atoms with Crippen LogP contribution < -0.4 is 4.90 Å². The van der Waals surface area contributed by atoms with Crippen molar-refractivity contribution in [3.63, 3.8) is 0 Å². The highest BCUT2D eigenvalue weighted by Gasteiger charge is 2.54. The van der Waals surface area contributed by atoms with Crippen molar-refractivity contribution in [2.45, 2.75) is 32.0 Å². The van der Waals surface area contributed by atoms with Gasteiger partial charge in [0, 0.05) is 5.56 Å². The van der Waals surface area contributed by atoms with Crippen LogP contribution >= 0.6 is 0 Å². The molecule has 0 spiro atoms. The maximum atomic E-state index is 13.8. The molecule has 2 aromatic rings. The highest BCUT2D eigenvalue weighted by atomic mass is 19.1. The van der Waals surface area contributed by atoms with Crippen molar-refractivity contribution in [1.29, 1.82) is 0 Å². The summed E-state index contributed by atoms with van der Waals surface area (Å²) in [6, 6.07) is 11.6. The molecule has 0 fully saturated rings. The Balaban J connectivity index is 2.17. The predicted octanol–water partition coefficient (Wildman–Crippen LogP) is 3.34. The van der Waals surface area contributed by atoms with Crippen molar-refractivity contribution < 1.29 is 23.8 Å².